The zero-order valence-electron chi connectivity index (χ0n) is 12.5. The zero-order chi connectivity index (χ0) is 16.3. The third kappa shape index (κ3) is 3.28. The van der Waals surface area contributed by atoms with Crippen LogP contribution in [0.2, 0.25) is 0 Å². The van der Waals surface area contributed by atoms with Crippen LogP contribution < -0.4 is 10.2 Å². The van der Waals surface area contributed by atoms with E-state index in [9.17, 15) is 19.8 Å². The summed E-state index contributed by atoms with van der Waals surface area (Å²) in [6, 6.07) is 3.99. The number of rotatable bonds is 6. The largest absolute Gasteiger partial charge is 0.497 e. The van der Waals surface area contributed by atoms with Crippen LogP contribution in [0.5, 0.6) is 5.75 Å². The Morgan fingerprint density at radius 2 is 2.09 bits per heavy atom. The monoisotopic (exact) mass is 306 g/mol. The Balaban J connectivity index is 2.58. The van der Waals surface area contributed by atoms with Gasteiger partial charge in [-0.25, -0.2) is 4.79 Å². The van der Waals surface area contributed by atoms with Crippen LogP contribution in [-0.4, -0.2) is 29.4 Å². The van der Waals surface area contributed by atoms with Gasteiger partial charge >= 0.3 is 5.97 Å². The number of hydrogen-bond donors (Lipinski definition) is 2. The number of carboxylic acids is 1. The molecule has 0 aliphatic carbocycles. The lowest BCUT2D eigenvalue weighted by molar-refractivity contribution is 0.0698. The quantitative estimate of drug-likeness (QED) is 0.849. The first-order valence-corrected chi connectivity index (χ1v) is 7.02. The molecule has 0 saturated heterocycles. The number of benzene rings is 1. The van der Waals surface area contributed by atoms with Crippen molar-refractivity contribution in [1.82, 2.24) is 0 Å². The van der Waals surface area contributed by atoms with Crippen LogP contribution in [0.15, 0.2) is 27.4 Å². The lowest BCUT2D eigenvalue weighted by Gasteiger charge is -2.10. The van der Waals surface area contributed by atoms with E-state index in [2.05, 4.69) is 0 Å². The summed E-state index contributed by atoms with van der Waals surface area (Å²) in [5.74, 6) is -0.614. The minimum atomic E-state index is -1.23. The summed E-state index contributed by atoms with van der Waals surface area (Å²) in [7, 11) is 1.40. The Hall–Kier alpha value is -2.34. The Bertz CT molecular complexity index is 746. The summed E-state index contributed by atoms with van der Waals surface area (Å²) in [6.07, 6.45) is 1.02. The summed E-state index contributed by atoms with van der Waals surface area (Å²) in [4.78, 5) is 23.5. The van der Waals surface area contributed by atoms with E-state index in [0.717, 1.165) is 6.42 Å². The maximum atomic E-state index is 12.2. The van der Waals surface area contributed by atoms with E-state index < -0.39 is 17.5 Å². The van der Waals surface area contributed by atoms with Crippen molar-refractivity contribution in [3.63, 3.8) is 0 Å². The van der Waals surface area contributed by atoms with Gasteiger partial charge in [0.05, 0.1) is 24.2 Å². The molecule has 0 unspecified atom stereocenters. The summed E-state index contributed by atoms with van der Waals surface area (Å²) in [6.45, 7) is 1.95. The average molecular weight is 306 g/mol. The SMILES string of the molecule is CCC[C@H](O)Cc1cc(=O)c2c(C(=O)O)cc(OC)cc2o1. The van der Waals surface area contributed by atoms with Gasteiger partial charge in [0.15, 0.2) is 5.43 Å². The van der Waals surface area contributed by atoms with E-state index in [1.807, 2.05) is 6.92 Å². The van der Waals surface area contributed by atoms with Crippen molar-refractivity contribution in [2.24, 2.45) is 0 Å². The Labute approximate surface area is 126 Å². The Kier molecular flexibility index (Phi) is 4.82. The molecule has 0 amide bonds. The second-order valence-electron chi connectivity index (χ2n) is 5.08. The van der Waals surface area contributed by atoms with Gasteiger partial charge in [0.2, 0.25) is 0 Å². The summed E-state index contributed by atoms with van der Waals surface area (Å²) in [5, 5.41) is 19.1. The number of carbonyl (C=O) groups is 1. The Morgan fingerprint density at radius 3 is 2.68 bits per heavy atom. The second kappa shape index (κ2) is 6.62. The average Bonchev–Trinajstić information content (AvgIpc) is 2.45. The fraction of sp³-hybridized carbons (Fsp3) is 0.375. The molecule has 1 heterocycles. The van der Waals surface area contributed by atoms with Gasteiger partial charge < -0.3 is 19.4 Å². The zero-order valence-corrected chi connectivity index (χ0v) is 12.5. The first-order chi connectivity index (χ1) is 10.5. The fourth-order valence-corrected chi connectivity index (χ4v) is 2.37. The smallest absolute Gasteiger partial charge is 0.336 e. The highest BCUT2D eigenvalue weighted by molar-refractivity contribution is 6.02. The standard InChI is InChI=1S/C16H18O6/c1-3-4-9(17)5-11-7-13(18)15-12(16(19)20)6-10(21-2)8-14(15)22-11/h6-9,17H,3-5H2,1-2H3,(H,19,20)/t9-/m0/s1. The van der Waals surface area contributed by atoms with E-state index in [-0.39, 0.29) is 23.0 Å². The lowest BCUT2D eigenvalue weighted by atomic mass is 10.1. The third-order valence-electron chi connectivity index (χ3n) is 3.38. The number of aliphatic hydroxyl groups excluding tert-OH is 1. The summed E-state index contributed by atoms with van der Waals surface area (Å²) < 4.78 is 10.6. The van der Waals surface area contributed by atoms with Crippen molar-refractivity contribution in [3.05, 3.63) is 39.7 Å². The van der Waals surface area contributed by atoms with Gasteiger partial charge in [0, 0.05) is 18.6 Å². The van der Waals surface area contributed by atoms with Crippen LogP contribution in [0, 0.1) is 0 Å². The molecule has 118 valence electrons. The number of ether oxygens (including phenoxy) is 1. The van der Waals surface area contributed by atoms with Crippen LogP contribution in [0.3, 0.4) is 0 Å². The number of fused-ring (bicyclic) bond motifs is 1. The van der Waals surface area contributed by atoms with Crippen molar-refractivity contribution in [2.45, 2.75) is 32.3 Å². The highest BCUT2D eigenvalue weighted by Gasteiger charge is 2.17. The number of hydrogen-bond acceptors (Lipinski definition) is 5. The highest BCUT2D eigenvalue weighted by Crippen LogP contribution is 2.24. The van der Waals surface area contributed by atoms with Crippen molar-refractivity contribution < 1.29 is 24.2 Å². The summed E-state index contributed by atoms with van der Waals surface area (Å²) >= 11 is 0. The maximum Gasteiger partial charge on any atom is 0.336 e. The molecule has 0 spiro atoms. The van der Waals surface area contributed by atoms with Gasteiger partial charge in [0.25, 0.3) is 0 Å². The topological polar surface area (TPSA) is 97.0 Å². The third-order valence-corrected chi connectivity index (χ3v) is 3.38. The van der Waals surface area contributed by atoms with Crippen LogP contribution in [0.4, 0.5) is 0 Å². The first kappa shape index (κ1) is 16.0. The van der Waals surface area contributed by atoms with E-state index in [0.29, 0.717) is 17.9 Å². The van der Waals surface area contributed by atoms with Crippen molar-refractivity contribution >= 4 is 16.9 Å². The van der Waals surface area contributed by atoms with Gasteiger partial charge in [-0.05, 0) is 12.5 Å². The molecule has 1 atom stereocenters. The maximum absolute atomic E-state index is 12.2. The molecule has 6 heteroatoms. The lowest BCUT2D eigenvalue weighted by Crippen LogP contribution is -2.13. The molecule has 0 fully saturated rings. The molecule has 6 nitrogen and oxygen atoms in total. The van der Waals surface area contributed by atoms with E-state index >= 15 is 0 Å². The number of aromatic carboxylic acids is 1. The van der Waals surface area contributed by atoms with Crippen molar-refractivity contribution in [1.29, 1.82) is 0 Å². The molecule has 0 saturated carbocycles. The van der Waals surface area contributed by atoms with Crippen LogP contribution in [0.25, 0.3) is 11.0 Å². The molecule has 0 radical (unpaired) electrons. The number of carboxylic acid groups (broad SMARTS) is 1. The van der Waals surface area contributed by atoms with Gasteiger partial charge in [0.1, 0.15) is 17.1 Å². The molecule has 1 aromatic carbocycles. The fourth-order valence-electron chi connectivity index (χ4n) is 2.37. The first-order valence-electron chi connectivity index (χ1n) is 7.02. The van der Waals surface area contributed by atoms with Gasteiger partial charge in [-0.2, -0.15) is 0 Å². The molecule has 22 heavy (non-hydrogen) atoms. The predicted octanol–water partition coefficient (Wildman–Crippen LogP) is 2.20. The molecule has 2 aromatic rings. The predicted molar refractivity (Wildman–Crippen MR) is 80.6 cm³/mol. The van der Waals surface area contributed by atoms with Crippen molar-refractivity contribution in [2.75, 3.05) is 7.11 Å². The van der Waals surface area contributed by atoms with Crippen LogP contribution in [0.1, 0.15) is 35.9 Å². The Morgan fingerprint density at radius 1 is 1.36 bits per heavy atom. The second-order valence-corrected chi connectivity index (χ2v) is 5.08. The molecule has 0 aliphatic heterocycles. The van der Waals surface area contributed by atoms with E-state index in [4.69, 9.17) is 9.15 Å². The van der Waals surface area contributed by atoms with Crippen molar-refractivity contribution in [3.8, 4) is 5.75 Å². The van der Waals surface area contributed by atoms with E-state index in [1.54, 1.807) is 0 Å². The van der Waals surface area contributed by atoms with Crippen LogP contribution >= 0.6 is 0 Å². The minimum absolute atomic E-state index is 0.00188. The highest BCUT2D eigenvalue weighted by atomic mass is 16.5. The normalized spacial score (nSPS) is 12.3. The van der Waals surface area contributed by atoms with Gasteiger partial charge in [-0.1, -0.05) is 13.3 Å². The summed E-state index contributed by atoms with van der Waals surface area (Å²) in [5.41, 5.74) is -0.466. The van der Waals surface area contributed by atoms with Gasteiger partial charge in [-0.3, -0.25) is 4.79 Å². The molecule has 1 aromatic heterocycles. The number of aliphatic hydroxyl groups is 1. The molecule has 2 rings (SSSR count). The molecule has 2 N–H and O–H groups in total. The van der Waals surface area contributed by atoms with Crippen LogP contribution in [-0.2, 0) is 6.42 Å². The minimum Gasteiger partial charge on any atom is -0.497 e. The molecular formula is C16H18O6. The molecule has 0 aliphatic rings. The molecule has 0 bridgehead atoms. The number of methoxy groups -OCH3 is 1. The molecular weight excluding hydrogens is 288 g/mol. The van der Waals surface area contributed by atoms with E-state index in [1.165, 1.54) is 25.3 Å². The van der Waals surface area contributed by atoms with Gasteiger partial charge in [-0.15, -0.1) is 0 Å².